The van der Waals surface area contributed by atoms with Crippen LogP contribution in [-0.4, -0.2) is 4.57 Å². The molecule has 0 amide bonds. The second-order valence-corrected chi connectivity index (χ2v) is 13.4. The lowest BCUT2D eigenvalue weighted by Gasteiger charge is -2.28. The third-order valence-electron chi connectivity index (χ3n) is 10.3. The van der Waals surface area contributed by atoms with Gasteiger partial charge >= 0.3 is 0 Å². The third-order valence-corrected chi connectivity index (χ3v) is 10.3. The summed E-state index contributed by atoms with van der Waals surface area (Å²) in [7, 11) is 0. The number of aromatic nitrogens is 1. The van der Waals surface area contributed by atoms with Crippen molar-refractivity contribution < 1.29 is 0 Å². The summed E-state index contributed by atoms with van der Waals surface area (Å²) < 4.78 is 2.42. The quantitative estimate of drug-likeness (QED) is 0.161. The average Bonchev–Trinajstić information content (AvgIpc) is 3.57. The fourth-order valence-electron chi connectivity index (χ4n) is 8.01. The minimum Gasteiger partial charge on any atom is -0.308 e. The first-order valence-electron chi connectivity index (χ1n) is 17.9. The molecule has 0 bridgehead atoms. The molecule has 1 heterocycles. The lowest BCUT2D eigenvalue weighted by atomic mass is 9.94. The number of nitrogens with zero attached hydrogens (tertiary/aromatic N) is 2. The van der Waals surface area contributed by atoms with Gasteiger partial charge in [0.05, 0.1) is 16.7 Å². The molecule has 0 fully saturated rings. The number of fused-ring (bicyclic) bond motifs is 6. The molecule has 2 heteroatoms. The molecule has 0 aliphatic carbocycles. The first-order valence-corrected chi connectivity index (χ1v) is 17.9. The van der Waals surface area contributed by atoms with E-state index < -0.39 is 0 Å². The maximum Gasteiger partial charge on any atom is 0.0782 e. The number of anilines is 3. The maximum atomic E-state index is 2.44. The van der Waals surface area contributed by atoms with Crippen molar-refractivity contribution in [3.8, 4) is 27.9 Å². The molecule has 2 nitrogen and oxygen atoms in total. The van der Waals surface area contributed by atoms with Gasteiger partial charge in [-0.25, -0.2) is 0 Å². The van der Waals surface area contributed by atoms with E-state index in [1.54, 1.807) is 0 Å². The number of hydrogen-bond donors (Lipinski definition) is 0. The summed E-state index contributed by atoms with van der Waals surface area (Å²) in [4.78, 5) is 2.44. The molecule has 0 aliphatic heterocycles. The first kappa shape index (κ1) is 30.0. The Labute approximate surface area is 303 Å². The highest BCUT2D eigenvalue weighted by molar-refractivity contribution is 6.15. The molecule has 0 aliphatic rings. The third kappa shape index (κ3) is 4.96. The van der Waals surface area contributed by atoms with Crippen molar-refractivity contribution in [2.45, 2.75) is 0 Å². The normalized spacial score (nSPS) is 11.5. The summed E-state index contributed by atoms with van der Waals surface area (Å²) in [6, 6.07) is 74.7. The van der Waals surface area contributed by atoms with Crippen molar-refractivity contribution >= 4 is 60.4 Å². The van der Waals surface area contributed by atoms with E-state index in [1.165, 1.54) is 65.6 Å². The van der Waals surface area contributed by atoms with Crippen molar-refractivity contribution in [1.82, 2.24) is 4.57 Å². The Morgan fingerprint density at radius 2 is 0.942 bits per heavy atom. The summed E-state index contributed by atoms with van der Waals surface area (Å²) >= 11 is 0. The minimum atomic E-state index is 1.10. The molecule has 0 spiro atoms. The van der Waals surface area contributed by atoms with Crippen molar-refractivity contribution in [1.29, 1.82) is 0 Å². The topological polar surface area (TPSA) is 8.17 Å². The second kappa shape index (κ2) is 12.5. The lowest BCUT2D eigenvalue weighted by molar-refractivity contribution is 1.17. The molecular weight excluding hydrogens is 629 g/mol. The van der Waals surface area contributed by atoms with E-state index in [0.717, 1.165) is 22.7 Å². The molecule has 0 unspecified atom stereocenters. The van der Waals surface area contributed by atoms with Gasteiger partial charge in [0, 0.05) is 27.8 Å². The fraction of sp³-hybridized carbons (Fsp3) is 0. The molecule has 52 heavy (non-hydrogen) atoms. The highest BCUT2D eigenvalue weighted by atomic mass is 15.2. The predicted molar refractivity (Wildman–Crippen MR) is 221 cm³/mol. The monoisotopic (exact) mass is 662 g/mol. The molecule has 0 saturated heterocycles. The van der Waals surface area contributed by atoms with E-state index in [4.69, 9.17) is 0 Å². The van der Waals surface area contributed by atoms with Crippen LogP contribution in [-0.2, 0) is 0 Å². The Kier molecular flexibility index (Phi) is 7.18. The summed E-state index contributed by atoms with van der Waals surface area (Å²) in [6.45, 7) is 0. The number of benzene rings is 9. The Hall–Kier alpha value is -6.90. The average molecular weight is 663 g/mol. The molecule has 0 saturated carbocycles. The Morgan fingerprint density at radius 3 is 1.77 bits per heavy atom. The Morgan fingerprint density at radius 1 is 0.346 bits per heavy atom. The number of para-hydroxylation sites is 3. The standard InChI is InChI=1S/C50H34N2/c1-3-15-35(16-4-1)37-18-11-22-40(33-37)51(49-30-14-28-47-46-25-9-10-29-48(46)52(50(47)49)39-20-5-2-6-21-39)41-23-12-19-38(34-41)43-26-13-27-44-42-24-8-7-17-36(42)31-32-45(43)44/h1-34H. The lowest BCUT2D eigenvalue weighted by Crippen LogP contribution is -2.12. The van der Waals surface area contributed by atoms with Gasteiger partial charge in [0.15, 0.2) is 0 Å². The van der Waals surface area contributed by atoms with E-state index in [-0.39, 0.29) is 0 Å². The minimum absolute atomic E-state index is 1.10. The summed E-state index contributed by atoms with van der Waals surface area (Å²) in [5.74, 6) is 0. The van der Waals surface area contributed by atoms with E-state index >= 15 is 0 Å². The molecule has 1 aromatic heterocycles. The molecule has 10 aromatic rings. The van der Waals surface area contributed by atoms with Gasteiger partial charge in [0.2, 0.25) is 0 Å². The van der Waals surface area contributed by atoms with Crippen LogP contribution in [0.1, 0.15) is 0 Å². The molecule has 9 aromatic carbocycles. The van der Waals surface area contributed by atoms with Crippen LogP contribution in [0.2, 0.25) is 0 Å². The van der Waals surface area contributed by atoms with Crippen LogP contribution in [0.25, 0.3) is 71.3 Å². The van der Waals surface area contributed by atoms with Gasteiger partial charge < -0.3 is 9.47 Å². The zero-order valence-corrected chi connectivity index (χ0v) is 28.5. The maximum absolute atomic E-state index is 2.44. The summed E-state index contributed by atoms with van der Waals surface area (Å²) in [5.41, 5.74) is 11.6. The highest BCUT2D eigenvalue weighted by Gasteiger charge is 2.22. The first-order chi connectivity index (χ1) is 25.8. The molecule has 0 N–H and O–H groups in total. The molecule has 0 radical (unpaired) electrons. The number of rotatable bonds is 6. The second-order valence-electron chi connectivity index (χ2n) is 13.4. The van der Waals surface area contributed by atoms with E-state index in [1.807, 2.05) is 0 Å². The van der Waals surface area contributed by atoms with Gasteiger partial charge in [-0.2, -0.15) is 0 Å². The van der Waals surface area contributed by atoms with Crippen molar-refractivity contribution in [2.24, 2.45) is 0 Å². The number of hydrogen-bond acceptors (Lipinski definition) is 1. The smallest absolute Gasteiger partial charge is 0.0782 e. The van der Waals surface area contributed by atoms with Crippen molar-refractivity contribution in [2.75, 3.05) is 4.90 Å². The van der Waals surface area contributed by atoms with Crippen LogP contribution in [0, 0.1) is 0 Å². The molecular formula is C50H34N2. The van der Waals surface area contributed by atoms with E-state index in [9.17, 15) is 0 Å². The van der Waals surface area contributed by atoms with E-state index in [0.29, 0.717) is 0 Å². The van der Waals surface area contributed by atoms with Crippen molar-refractivity contribution in [3.63, 3.8) is 0 Å². The largest absolute Gasteiger partial charge is 0.308 e. The summed E-state index contributed by atoms with van der Waals surface area (Å²) in [6.07, 6.45) is 0. The molecule has 10 rings (SSSR count). The zero-order valence-electron chi connectivity index (χ0n) is 28.5. The van der Waals surface area contributed by atoms with E-state index in [2.05, 4.69) is 216 Å². The fourth-order valence-corrected chi connectivity index (χ4v) is 8.01. The van der Waals surface area contributed by atoms with Gasteiger partial charge in [0.25, 0.3) is 0 Å². The van der Waals surface area contributed by atoms with Crippen LogP contribution in [0.5, 0.6) is 0 Å². The van der Waals surface area contributed by atoms with Gasteiger partial charge in [-0.15, -0.1) is 0 Å². The van der Waals surface area contributed by atoms with Gasteiger partial charge in [-0.1, -0.05) is 158 Å². The van der Waals surface area contributed by atoms with Crippen molar-refractivity contribution in [3.05, 3.63) is 206 Å². The van der Waals surface area contributed by atoms with Gasteiger partial charge in [0.1, 0.15) is 0 Å². The molecule has 244 valence electrons. The highest BCUT2D eigenvalue weighted by Crippen LogP contribution is 2.45. The SMILES string of the molecule is c1ccc(-c2cccc(N(c3cccc(-c4cccc5c4ccc4ccccc45)c3)c3cccc4c5ccccc5n(-c5ccccc5)c34)c2)cc1. The van der Waals surface area contributed by atoms with Crippen LogP contribution in [0.15, 0.2) is 206 Å². The Bertz CT molecular complexity index is 2900. The van der Waals surface area contributed by atoms with Crippen LogP contribution in [0.3, 0.4) is 0 Å². The van der Waals surface area contributed by atoms with Gasteiger partial charge in [-0.3, -0.25) is 0 Å². The van der Waals surface area contributed by atoms with Crippen LogP contribution in [0.4, 0.5) is 17.1 Å². The molecule has 0 atom stereocenters. The summed E-state index contributed by atoms with van der Waals surface area (Å²) in [5, 5.41) is 7.51. The zero-order chi connectivity index (χ0) is 34.4. The Balaban J connectivity index is 1.25. The van der Waals surface area contributed by atoms with Crippen LogP contribution >= 0.6 is 0 Å². The van der Waals surface area contributed by atoms with Crippen LogP contribution < -0.4 is 4.90 Å². The van der Waals surface area contributed by atoms with Gasteiger partial charge in [-0.05, 0) is 92.3 Å². The predicted octanol–water partition coefficient (Wildman–Crippen LogP) is 13.9.